The summed E-state index contributed by atoms with van der Waals surface area (Å²) in [5.41, 5.74) is 12.2. The zero-order chi connectivity index (χ0) is 17.2. The molecule has 0 aliphatic rings. The van der Waals surface area contributed by atoms with E-state index >= 15 is 0 Å². The fourth-order valence-electron chi connectivity index (χ4n) is 2.31. The number of nitrogens with two attached hydrogens (primary N) is 2. The molecule has 126 valence electrons. The molecule has 0 saturated heterocycles. The number of hydrogen-bond acceptors (Lipinski definition) is 4. The fraction of sp³-hybridized carbons (Fsp3) is 0.471. The Morgan fingerprint density at radius 1 is 1.17 bits per heavy atom. The Balaban J connectivity index is 2.66. The molecule has 0 unspecified atom stereocenters. The Morgan fingerprint density at radius 2 is 1.83 bits per heavy atom. The minimum Gasteiger partial charge on any atom is -0.369 e. The number of guanidine groups is 1. The summed E-state index contributed by atoms with van der Waals surface area (Å²) in [6, 6.07) is 8.40. The third-order valence-corrected chi connectivity index (χ3v) is 3.57. The van der Waals surface area contributed by atoms with Gasteiger partial charge < -0.3 is 11.5 Å². The normalized spacial score (nSPS) is 11.7. The summed E-state index contributed by atoms with van der Waals surface area (Å²) in [5, 5.41) is 7.51. The molecule has 1 aromatic rings. The number of hydrogen-bond donors (Lipinski definition) is 3. The molecule has 0 bridgehead atoms. The van der Waals surface area contributed by atoms with E-state index in [9.17, 15) is 9.59 Å². The molecule has 2 amide bonds. The zero-order valence-corrected chi connectivity index (χ0v) is 13.6. The van der Waals surface area contributed by atoms with Gasteiger partial charge in [-0.25, -0.2) is 4.90 Å². The van der Waals surface area contributed by atoms with Crippen LogP contribution in [0.25, 0.3) is 0 Å². The number of rotatable bonds is 8. The van der Waals surface area contributed by atoms with Gasteiger partial charge in [-0.3, -0.25) is 15.0 Å². The van der Waals surface area contributed by atoms with Gasteiger partial charge in [0.1, 0.15) is 0 Å². The lowest BCUT2D eigenvalue weighted by Crippen LogP contribution is -2.52. The first-order valence-electron chi connectivity index (χ1n) is 7.97. The Labute approximate surface area is 137 Å². The standard InChI is InChI=1S/C17H26N4O2/c1-2-3-4-8-11-15(22)21(17(19)20)16(23)14(18)12-13-9-6-5-7-10-13/h5-7,9-10,14H,2-4,8,11-12,18H2,1H3,(H3,19,20)/t14-/m0/s1. The Kier molecular flexibility index (Phi) is 7.97. The second-order valence-corrected chi connectivity index (χ2v) is 5.56. The van der Waals surface area contributed by atoms with Crippen LogP contribution in [-0.4, -0.2) is 28.7 Å². The van der Waals surface area contributed by atoms with Crippen molar-refractivity contribution >= 4 is 17.8 Å². The van der Waals surface area contributed by atoms with Crippen molar-refractivity contribution in [3.63, 3.8) is 0 Å². The molecule has 6 nitrogen and oxygen atoms in total. The predicted molar refractivity (Wildman–Crippen MR) is 90.6 cm³/mol. The topological polar surface area (TPSA) is 113 Å². The molecule has 0 fully saturated rings. The molecule has 1 aromatic carbocycles. The van der Waals surface area contributed by atoms with Gasteiger partial charge in [0.25, 0.3) is 5.91 Å². The summed E-state index contributed by atoms with van der Waals surface area (Å²) < 4.78 is 0. The van der Waals surface area contributed by atoms with Crippen molar-refractivity contribution in [1.82, 2.24) is 4.90 Å². The minimum atomic E-state index is -0.902. The highest BCUT2D eigenvalue weighted by Gasteiger charge is 2.28. The maximum Gasteiger partial charge on any atom is 0.253 e. The second-order valence-electron chi connectivity index (χ2n) is 5.56. The summed E-state index contributed by atoms with van der Waals surface area (Å²) in [6.45, 7) is 2.08. The molecule has 0 saturated carbocycles. The summed E-state index contributed by atoms with van der Waals surface area (Å²) in [6.07, 6.45) is 4.19. The lowest BCUT2D eigenvalue weighted by Gasteiger charge is -2.22. The third kappa shape index (κ3) is 6.20. The summed E-state index contributed by atoms with van der Waals surface area (Å²) in [5.74, 6) is -1.65. The molecule has 6 heteroatoms. The van der Waals surface area contributed by atoms with Crippen LogP contribution in [0.3, 0.4) is 0 Å². The van der Waals surface area contributed by atoms with E-state index in [4.69, 9.17) is 16.9 Å². The molecule has 5 N–H and O–H groups in total. The van der Waals surface area contributed by atoms with Crippen molar-refractivity contribution in [3.8, 4) is 0 Å². The first-order valence-corrected chi connectivity index (χ1v) is 7.97. The maximum atomic E-state index is 12.4. The number of nitrogens with zero attached hydrogens (tertiary/aromatic N) is 1. The zero-order valence-electron chi connectivity index (χ0n) is 13.6. The SMILES string of the molecule is CCCCCCC(=O)N(C(=N)N)C(=O)[C@@H](N)Cc1ccccc1. The Morgan fingerprint density at radius 3 is 2.39 bits per heavy atom. The van der Waals surface area contributed by atoms with Crippen LogP contribution in [0.15, 0.2) is 30.3 Å². The molecule has 0 aliphatic carbocycles. The molecule has 0 spiro atoms. The van der Waals surface area contributed by atoms with Gasteiger partial charge in [-0.2, -0.15) is 0 Å². The summed E-state index contributed by atoms with van der Waals surface area (Å²) in [7, 11) is 0. The lowest BCUT2D eigenvalue weighted by molar-refractivity contribution is -0.140. The van der Waals surface area contributed by atoms with E-state index in [2.05, 4.69) is 6.92 Å². The van der Waals surface area contributed by atoms with E-state index in [-0.39, 0.29) is 6.42 Å². The van der Waals surface area contributed by atoms with Crippen LogP contribution in [-0.2, 0) is 16.0 Å². The average Bonchev–Trinajstić information content (AvgIpc) is 2.52. The van der Waals surface area contributed by atoms with Crippen LogP contribution in [0.5, 0.6) is 0 Å². The van der Waals surface area contributed by atoms with Gasteiger partial charge in [0, 0.05) is 6.42 Å². The van der Waals surface area contributed by atoms with Crippen molar-refractivity contribution < 1.29 is 9.59 Å². The highest BCUT2D eigenvalue weighted by Crippen LogP contribution is 2.08. The lowest BCUT2D eigenvalue weighted by atomic mass is 10.1. The van der Waals surface area contributed by atoms with Gasteiger partial charge in [-0.15, -0.1) is 0 Å². The number of nitrogens with one attached hydrogen (secondary N) is 1. The first-order chi connectivity index (χ1) is 11.0. The van der Waals surface area contributed by atoms with E-state index in [1.165, 1.54) is 0 Å². The van der Waals surface area contributed by atoms with Crippen molar-refractivity contribution in [2.75, 3.05) is 0 Å². The molecule has 1 atom stereocenters. The smallest absolute Gasteiger partial charge is 0.253 e. The van der Waals surface area contributed by atoms with E-state index in [0.717, 1.165) is 24.8 Å². The minimum absolute atomic E-state index is 0.198. The molecule has 0 radical (unpaired) electrons. The highest BCUT2D eigenvalue weighted by molar-refractivity contribution is 6.11. The van der Waals surface area contributed by atoms with E-state index in [1.807, 2.05) is 30.3 Å². The highest BCUT2D eigenvalue weighted by atomic mass is 16.2. The summed E-state index contributed by atoms with van der Waals surface area (Å²) >= 11 is 0. The fourth-order valence-corrected chi connectivity index (χ4v) is 2.31. The number of imide groups is 1. The first kappa shape index (κ1) is 18.8. The van der Waals surface area contributed by atoms with Crippen molar-refractivity contribution in [2.24, 2.45) is 11.5 Å². The molecule has 0 heterocycles. The molecule has 23 heavy (non-hydrogen) atoms. The van der Waals surface area contributed by atoms with Crippen molar-refractivity contribution in [3.05, 3.63) is 35.9 Å². The molecule has 0 aromatic heterocycles. The van der Waals surface area contributed by atoms with E-state index in [0.29, 0.717) is 17.7 Å². The van der Waals surface area contributed by atoms with Crippen LogP contribution in [0.4, 0.5) is 0 Å². The van der Waals surface area contributed by atoms with Gasteiger partial charge in [-0.05, 0) is 18.4 Å². The van der Waals surface area contributed by atoms with Crippen LogP contribution < -0.4 is 11.5 Å². The number of unbranched alkanes of at least 4 members (excludes halogenated alkanes) is 3. The predicted octanol–water partition coefficient (Wildman–Crippen LogP) is 1.78. The number of carbonyl (C=O) groups is 2. The third-order valence-electron chi connectivity index (χ3n) is 3.57. The van der Waals surface area contributed by atoms with E-state index in [1.54, 1.807) is 0 Å². The number of carbonyl (C=O) groups excluding carboxylic acids is 2. The number of amides is 2. The Hall–Kier alpha value is -2.21. The van der Waals surface area contributed by atoms with E-state index < -0.39 is 23.8 Å². The van der Waals surface area contributed by atoms with Crippen LogP contribution in [0, 0.1) is 5.41 Å². The molecular formula is C17H26N4O2. The van der Waals surface area contributed by atoms with Gasteiger partial charge in [0.15, 0.2) is 0 Å². The van der Waals surface area contributed by atoms with Crippen LogP contribution >= 0.6 is 0 Å². The quantitative estimate of drug-likeness (QED) is 0.385. The van der Waals surface area contributed by atoms with Crippen LogP contribution in [0.2, 0.25) is 0 Å². The number of benzene rings is 1. The monoisotopic (exact) mass is 318 g/mol. The largest absolute Gasteiger partial charge is 0.369 e. The van der Waals surface area contributed by atoms with Gasteiger partial charge in [0.05, 0.1) is 6.04 Å². The summed E-state index contributed by atoms with van der Waals surface area (Å²) in [4.78, 5) is 25.3. The maximum absolute atomic E-state index is 12.4. The molecular weight excluding hydrogens is 292 g/mol. The van der Waals surface area contributed by atoms with Gasteiger partial charge in [0.2, 0.25) is 11.9 Å². The Bertz CT molecular complexity index is 531. The van der Waals surface area contributed by atoms with Crippen molar-refractivity contribution in [2.45, 2.75) is 51.5 Å². The van der Waals surface area contributed by atoms with Crippen LogP contribution in [0.1, 0.15) is 44.6 Å². The van der Waals surface area contributed by atoms with Gasteiger partial charge >= 0.3 is 0 Å². The molecule has 1 rings (SSSR count). The van der Waals surface area contributed by atoms with Gasteiger partial charge in [-0.1, -0.05) is 56.5 Å². The molecule has 0 aliphatic heterocycles. The average molecular weight is 318 g/mol. The second kappa shape index (κ2) is 9.74. The van der Waals surface area contributed by atoms with Crippen molar-refractivity contribution in [1.29, 1.82) is 5.41 Å².